The van der Waals surface area contributed by atoms with Crippen LogP contribution in [0.1, 0.15) is 22.8 Å². The maximum absolute atomic E-state index is 12.2. The molecule has 0 aromatic heterocycles. The fourth-order valence-electron chi connectivity index (χ4n) is 2.48. The van der Waals surface area contributed by atoms with E-state index in [1.807, 2.05) is 19.1 Å². The van der Waals surface area contributed by atoms with Gasteiger partial charge in [0.2, 0.25) is 5.91 Å². The molecular formula is C20H21N3O6. The van der Waals surface area contributed by atoms with Gasteiger partial charge >= 0.3 is 5.97 Å². The van der Waals surface area contributed by atoms with Crippen LogP contribution in [0.25, 0.3) is 0 Å². The van der Waals surface area contributed by atoms with Crippen molar-refractivity contribution >= 4 is 29.2 Å². The molecule has 0 spiro atoms. The number of nitro benzene ring substituents is 1. The number of benzene rings is 2. The molecule has 0 heterocycles. The molecule has 0 aliphatic rings. The van der Waals surface area contributed by atoms with E-state index in [9.17, 15) is 24.5 Å². The second kappa shape index (κ2) is 9.98. The lowest BCUT2D eigenvalue weighted by atomic mass is 10.1. The van der Waals surface area contributed by atoms with Gasteiger partial charge in [-0.3, -0.25) is 19.7 Å². The number of para-hydroxylation sites is 1. The molecule has 0 atom stereocenters. The van der Waals surface area contributed by atoms with Gasteiger partial charge in [0.05, 0.1) is 17.0 Å². The lowest BCUT2D eigenvalue weighted by molar-refractivity contribution is -0.384. The van der Waals surface area contributed by atoms with Gasteiger partial charge in [-0.2, -0.15) is 0 Å². The van der Waals surface area contributed by atoms with E-state index in [-0.39, 0.29) is 23.7 Å². The first-order valence-corrected chi connectivity index (χ1v) is 8.85. The van der Waals surface area contributed by atoms with E-state index in [4.69, 9.17) is 4.74 Å². The Balaban J connectivity index is 1.84. The highest BCUT2D eigenvalue weighted by Gasteiger charge is 2.17. The lowest BCUT2D eigenvalue weighted by Crippen LogP contribution is -2.37. The topological polar surface area (TPSA) is 119 Å². The molecule has 9 heteroatoms. The predicted molar refractivity (Wildman–Crippen MR) is 105 cm³/mol. The highest BCUT2D eigenvalue weighted by atomic mass is 16.6. The van der Waals surface area contributed by atoms with Gasteiger partial charge in [-0.05, 0) is 30.2 Å². The average molecular weight is 399 g/mol. The number of nitro groups is 1. The second-order valence-corrected chi connectivity index (χ2v) is 6.19. The van der Waals surface area contributed by atoms with Crippen molar-refractivity contribution in [2.24, 2.45) is 0 Å². The maximum Gasteiger partial charge on any atom is 0.338 e. The number of carbonyl (C=O) groups is 3. The first kappa shape index (κ1) is 21.5. The van der Waals surface area contributed by atoms with E-state index in [2.05, 4.69) is 5.32 Å². The first-order chi connectivity index (χ1) is 13.8. The number of rotatable bonds is 8. The van der Waals surface area contributed by atoms with Crippen LogP contribution in [0.5, 0.6) is 0 Å². The van der Waals surface area contributed by atoms with Crippen molar-refractivity contribution in [2.45, 2.75) is 13.3 Å². The fourth-order valence-corrected chi connectivity index (χ4v) is 2.48. The SMILES string of the molecule is CCc1ccccc1NC(=O)CN(C)C(=O)COC(=O)c1ccc([N+](=O)[O-])cc1. The van der Waals surface area contributed by atoms with Crippen molar-refractivity contribution in [3.8, 4) is 0 Å². The quantitative estimate of drug-likeness (QED) is 0.414. The lowest BCUT2D eigenvalue weighted by Gasteiger charge is -2.17. The summed E-state index contributed by atoms with van der Waals surface area (Å²) in [4.78, 5) is 47.4. The number of esters is 1. The number of non-ortho nitro benzene ring substituents is 1. The van der Waals surface area contributed by atoms with Crippen LogP contribution >= 0.6 is 0 Å². The highest BCUT2D eigenvalue weighted by Crippen LogP contribution is 2.15. The van der Waals surface area contributed by atoms with Crippen molar-refractivity contribution in [2.75, 3.05) is 25.5 Å². The van der Waals surface area contributed by atoms with Gasteiger partial charge < -0.3 is 15.0 Å². The Morgan fingerprint density at radius 1 is 1.10 bits per heavy atom. The summed E-state index contributed by atoms with van der Waals surface area (Å²) >= 11 is 0. The minimum absolute atomic E-state index is 0.0833. The van der Waals surface area contributed by atoms with Crippen LogP contribution in [0.4, 0.5) is 11.4 Å². The summed E-state index contributed by atoms with van der Waals surface area (Å²) in [5.74, 6) is -1.72. The maximum atomic E-state index is 12.2. The number of carbonyl (C=O) groups excluding carboxylic acids is 3. The summed E-state index contributed by atoms with van der Waals surface area (Å²) in [7, 11) is 1.42. The number of likely N-dealkylation sites (N-methyl/N-ethyl adjacent to an activating group) is 1. The molecular weight excluding hydrogens is 378 g/mol. The normalized spacial score (nSPS) is 10.1. The standard InChI is InChI=1S/C20H21N3O6/c1-3-14-6-4-5-7-17(14)21-18(24)12-22(2)19(25)13-29-20(26)15-8-10-16(11-9-15)23(27)28/h4-11H,3,12-13H2,1-2H3,(H,21,24). The fraction of sp³-hybridized carbons (Fsp3) is 0.250. The van der Waals surface area contributed by atoms with Gasteiger partial charge in [-0.25, -0.2) is 4.79 Å². The number of anilines is 1. The van der Waals surface area contributed by atoms with Crippen LogP contribution in [-0.4, -0.2) is 47.8 Å². The zero-order valence-electron chi connectivity index (χ0n) is 16.1. The number of aryl methyl sites for hydroxylation is 1. The predicted octanol–water partition coefficient (Wildman–Crippen LogP) is 2.41. The Morgan fingerprint density at radius 2 is 1.76 bits per heavy atom. The van der Waals surface area contributed by atoms with Gasteiger partial charge in [0.25, 0.3) is 11.6 Å². The Morgan fingerprint density at radius 3 is 2.38 bits per heavy atom. The summed E-state index contributed by atoms with van der Waals surface area (Å²) in [6.07, 6.45) is 0.754. The molecule has 29 heavy (non-hydrogen) atoms. The number of nitrogens with zero attached hydrogens (tertiary/aromatic N) is 2. The number of nitrogens with one attached hydrogen (secondary N) is 1. The van der Waals surface area contributed by atoms with Crippen LogP contribution in [-0.2, 0) is 20.7 Å². The van der Waals surface area contributed by atoms with Crippen LogP contribution in [0.15, 0.2) is 48.5 Å². The summed E-state index contributed by atoms with van der Waals surface area (Å²) in [6, 6.07) is 12.2. The summed E-state index contributed by atoms with van der Waals surface area (Å²) < 4.78 is 4.92. The molecule has 0 saturated carbocycles. The van der Waals surface area contributed by atoms with Gasteiger partial charge in [-0.1, -0.05) is 25.1 Å². The van der Waals surface area contributed by atoms with Gasteiger partial charge in [0.15, 0.2) is 6.61 Å². The summed E-state index contributed by atoms with van der Waals surface area (Å²) in [5, 5.41) is 13.4. The van der Waals surface area contributed by atoms with Crippen molar-refractivity contribution in [1.29, 1.82) is 0 Å². The van der Waals surface area contributed by atoms with Gasteiger partial charge in [0.1, 0.15) is 0 Å². The van der Waals surface area contributed by atoms with Crippen LogP contribution in [0, 0.1) is 10.1 Å². The first-order valence-electron chi connectivity index (χ1n) is 8.85. The van der Waals surface area contributed by atoms with Crippen LogP contribution in [0.3, 0.4) is 0 Å². The molecule has 2 aromatic carbocycles. The molecule has 2 rings (SSSR count). The molecule has 0 radical (unpaired) electrons. The molecule has 2 amide bonds. The molecule has 0 aliphatic heterocycles. The van der Waals surface area contributed by atoms with E-state index in [0.29, 0.717) is 5.69 Å². The van der Waals surface area contributed by atoms with E-state index in [1.54, 1.807) is 12.1 Å². The molecule has 9 nitrogen and oxygen atoms in total. The highest BCUT2D eigenvalue weighted by molar-refractivity contribution is 5.96. The Bertz CT molecular complexity index is 911. The second-order valence-electron chi connectivity index (χ2n) is 6.19. The third kappa shape index (κ3) is 6.13. The van der Waals surface area contributed by atoms with Crippen molar-refractivity contribution < 1.29 is 24.0 Å². The number of hydrogen-bond acceptors (Lipinski definition) is 6. The van der Waals surface area contributed by atoms with Crippen LogP contribution in [0.2, 0.25) is 0 Å². The largest absolute Gasteiger partial charge is 0.452 e. The average Bonchev–Trinajstić information content (AvgIpc) is 2.72. The molecule has 1 N–H and O–H groups in total. The zero-order valence-corrected chi connectivity index (χ0v) is 16.1. The van der Waals surface area contributed by atoms with Gasteiger partial charge in [0, 0.05) is 24.9 Å². The van der Waals surface area contributed by atoms with E-state index < -0.39 is 23.4 Å². The molecule has 0 fully saturated rings. The Labute approximate surface area is 167 Å². The molecule has 0 bridgehead atoms. The van der Waals surface area contributed by atoms with E-state index >= 15 is 0 Å². The third-order valence-corrected chi connectivity index (χ3v) is 4.12. The minimum atomic E-state index is -0.789. The van der Waals surface area contributed by atoms with Crippen molar-refractivity contribution in [1.82, 2.24) is 4.90 Å². The number of ether oxygens (including phenoxy) is 1. The van der Waals surface area contributed by atoms with Crippen molar-refractivity contribution in [3.05, 3.63) is 69.8 Å². The smallest absolute Gasteiger partial charge is 0.338 e. The van der Waals surface area contributed by atoms with Crippen LogP contribution < -0.4 is 5.32 Å². The molecule has 0 aliphatic carbocycles. The zero-order chi connectivity index (χ0) is 21.4. The molecule has 0 unspecified atom stereocenters. The third-order valence-electron chi connectivity index (χ3n) is 4.12. The Kier molecular flexibility index (Phi) is 7.41. The van der Waals surface area contributed by atoms with Crippen molar-refractivity contribution in [3.63, 3.8) is 0 Å². The summed E-state index contributed by atoms with van der Waals surface area (Å²) in [5.41, 5.74) is 1.59. The number of amides is 2. The summed E-state index contributed by atoms with van der Waals surface area (Å²) in [6.45, 7) is 1.22. The monoisotopic (exact) mass is 399 g/mol. The minimum Gasteiger partial charge on any atom is -0.452 e. The molecule has 0 saturated heterocycles. The molecule has 152 valence electrons. The van der Waals surface area contributed by atoms with Gasteiger partial charge in [-0.15, -0.1) is 0 Å². The van der Waals surface area contributed by atoms with E-state index in [1.165, 1.54) is 31.3 Å². The Hall–Kier alpha value is -3.75. The van der Waals surface area contributed by atoms with E-state index in [0.717, 1.165) is 16.9 Å². The number of hydrogen-bond donors (Lipinski definition) is 1. The molecule has 2 aromatic rings.